The van der Waals surface area contributed by atoms with Crippen LogP contribution in [0.1, 0.15) is 6.92 Å². The summed E-state index contributed by atoms with van der Waals surface area (Å²) >= 11 is 0. The maximum Gasteiger partial charge on any atom is 0.394 e. The number of urea groups is 1. The molecular formula is C9H13F3N2O3. The second kappa shape index (κ2) is 4.80. The maximum absolute atomic E-state index is 12.6. The lowest BCUT2D eigenvalue weighted by molar-refractivity contribution is -0.187. The minimum absolute atomic E-state index is 0.282. The summed E-state index contributed by atoms with van der Waals surface area (Å²) in [5.41, 5.74) is 0. The lowest BCUT2D eigenvalue weighted by Gasteiger charge is -2.18. The molecule has 98 valence electrons. The van der Waals surface area contributed by atoms with E-state index in [1.54, 1.807) is 6.92 Å². The lowest BCUT2D eigenvalue weighted by Crippen LogP contribution is -2.39. The summed E-state index contributed by atoms with van der Waals surface area (Å²) in [4.78, 5) is 23.0. The number of carbonyl (C=O) groups excluding carboxylic acids is 1. The van der Waals surface area contributed by atoms with Gasteiger partial charge in [-0.05, 0) is 6.92 Å². The highest BCUT2D eigenvalue weighted by Gasteiger charge is 2.53. The molecule has 1 heterocycles. The Hall–Kier alpha value is -1.47. The summed E-state index contributed by atoms with van der Waals surface area (Å²) < 4.78 is 37.7. The summed E-state index contributed by atoms with van der Waals surface area (Å²) in [5, 5.41) is 11.1. The lowest BCUT2D eigenvalue weighted by atomic mass is 9.96. The first-order valence-electron chi connectivity index (χ1n) is 5.09. The van der Waals surface area contributed by atoms with E-state index in [-0.39, 0.29) is 6.54 Å². The second-order valence-electron chi connectivity index (χ2n) is 3.83. The van der Waals surface area contributed by atoms with Crippen molar-refractivity contribution in [1.29, 1.82) is 0 Å². The minimum Gasteiger partial charge on any atom is -0.481 e. The van der Waals surface area contributed by atoms with Crippen molar-refractivity contribution >= 4 is 12.0 Å². The number of halogens is 3. The van der Waals surface area contributed by atoms with Crippen LogP contribution in [-0.2, 0) is 4.79 Å². The summed E-state index contributed by atoms with van der Waals surface area (Å²) in [6.07, 6.45) is -4.61. The number of alkyl halides is 3. The zero-order chi connectivity index (χ0) is 13.2. The molecule has 0 aromatic heterocycles. The first-order chi connectivity index (χ1) is 7.77. The Morgan fingerprint density at radius 2 is 2.00 bits per heavy atom. The molecule has 1 aliphatic heterocycles. The number of carbonyl (C=O) groups is 2. The highest BCUT2D eigenvalue weighted by atomic mass is 19.4. The third kappa shape index (κ3) is 3.01. The van der Waals surface area contributed by atoms with Crippen LogP contribution in [0.4, 0.5) is 18.0 Å². The highest BCUT2D eigenvalue weighted by Crippen LogP contribution is 2.37. The molecule has 0 aliphatic carbocycles. The van der Waals surface area contributed by atoms with Crippen LogP contribution in [0, 0.1) is 11.8 Å². The van der Waals surface area contributed by atoms with Crippen LogP contribution in [0.25, 0.3) is 0 Å². The van der Waals surface area contributed by atoms with Crippen molar-refractivity contribution in [2.24, 2.45) is 11.8 Å². The van der Waals surface area contributed by atoms with E-state index in [4.69, 9.17) is 5.11 Å². The highest BCUT2D eigenvalue weighted by molar-refractivity contribution is 5.77. The van der Waals surface area contributed by atoms with E-state index in [1.807, 2.05) is 0 Å². The Morgan fingerprint density at radius 3 is 2.35 bits per heavy atom. The molecule has 0 unspecified atom stereocenters. The molecule has 1 aliphatic rings. The Kier molecular flexibility index (Phi) is 3.84. The normalized spacial score (nSPS) is 24.8. The molecule has 8 heteroatoms. The van der Waals surface area contributed by atoms with Gasteiger partial charge in [0.1, 0.15) is 0 Å². The fourth-order valence-electron chi connectivity index (χ4n) is 1.81. The van der Waals surface area contributed by atoms with Crippen LogP contribution in [-0.4, -0.2) is 47.8 Å². The van der Waals surface area contributed by atoms with Gasteiger partial charge in [-0.2, -0.15) is 13.2 Å². The molecule has 1 rings (SSSR count). The van der Waals surface area contributed by atoms with E-state index < -0.39 is 43.1 Å². The average Bonchev–Trinajstić information content (AvgIpc) is 2.61. The molecule has 1 fully saturated rings. The molecule has 0 aromatic carbocycles. The average molecular weight is 254 g/mol. The van der Waals surface area contributed by atoms with Gasteiger partial charge in [0.05, 0.1) is 11.8 Å². The van der Waals surface area contributed by atoms with Crippen LogP contribution < -0.4 is 5.32 Å². The van der Waals surface area contributed by atoms with Crippen LogP contribution in [0.5, 0.6) is 0 Å². The summed E-state index contributed by atoms with van der Waals surface area (Å²) in [5.74, 6) is -5.11. The van der Waals surface area contributed by atoms with E-state index in [9.17, 15) is 22.8 Å². The zero-order valence-electron chi connectivity index (χ0n) is 9.12. The van der Waals surface area contributed by atoms with Crippen molar-refractivity contribution in [3.05, 3.63) is 0 Å². The Labute approximate surface area is 95.6 Å². The summed E-state index contributed by atoms with van der Waals surface area (Å²) in [6.45, 7) is 0.894. The van der Waals surface area contributed by atoms with Gasteiger partial charge in [0.2, 0.25) is 0 Å². The van der Waals surface area contributed by atoms with E-state index in [0.29, 0.717) is 0 Å². The standard InChI is InChI=1S/C9H13F3N2O3/c1-2-13-8(17)14-3-5(7(15)16)6(4-14)9(10,11)12/h5-6H,2-4H2,1H3,(H,13,17)(H,15,16)/t5-,6-/m1/s1. The summed E-state index contributed by atoms with van der Waals surface area (Å²) in [6, 6.07) is -0.662. The molecule has 17 heavy (non-hydrogen) atoms. The second-order valence-corrected chi connectivity index (χ2v) is 3.83. The van der Waals surface area contributed by atoms with Gasteiger partial charge in [0, 0.05) is 19.6 Å². The van der Waals surface area contributed by atoms with Crippen LogP contribution in [0.15, 0.2) is 0 Å². The molecule has 0 bridgehead atoms. The zero-order valence-corrected chi connectivity index (χ0v) is 9.12. The molecular weight excluding hydrogens is 241 g/mol. The third-order valence-electron chi connectivity index (χ3n) is 2.67. The molecule has 1 saturated heterocycles. The fourth-order valence-corrected chi connectivity index (χ4v) is 1.81. The van der Waals surface area contributed by atoms with Crippen LogP contribution >= 0.6 is 0 Å². The molecule has 5 nitrogen and oxygen atoms in total. The van der Waals surface area contributed by atoms with Gasteiger partial charge in [-0.3, -0.25) is 4.79 Å². The van der Waals surface area contributed by atoms with Crippen molar-refractivity contribution in [2.45, 2.75) is 13.1 Å². The summed E-state index contributed by atoms with van der Waals surface area (Å²) in [7, 11) is 0. The number of carboxylic acid groups (broad SMARTS) is 1. The first kappa shape index (κ1) is 13.6. The molecule has 0 spiro atoms. The smallest absolute Gasteiger partial charge is 0.394 e. The largest absolute Gasteiger partial charge is 0.481 e. The monoisotopic (exact) mass is 254 g/mol. The number of aliphatic carboxylic acids is 1. The number of nitrogens with one attached hydrogen (secondary N) is 1. The third-order valence-corrected chi connectivity index (χ3v) is 2.67. The number of nitrogens with zero attached hydrogens (tertiary/aromatic N) is 1. The Bertz CT molecular complexity index is 319. The Balaban J connectivity index is 2.79. The molecule has 2 atom stereocenters. The molecule has 0 saturated carbocycles. The molecule has 2 amide bonds. The van der Waals surface area contributed by atoms with Gasteiger partial charge in [-0.1, -0.05) is 0 Å². The van der Waals surface area contributed by atoms with Gasteiger partial charge in [0.15, 0.2) is 0 Å². The van der Waals surface area contributed by atoms with Gasteiger partial charge in [0.25, 0.3) is 0 Å². The van der Waals surface area contributed by atoms with Crippen molar-refractivity contribution in [1.82, 2.24) is 10.2 Å². The topological polar surface area (TPSA) is 69.6 Å². The Morgan fingerprint density at radius 1 is 1.41 bits per heavy atom. The van der Waals surface area contributed by atoms with E-state index >= 15 is 0 Å². The predicted octanol–water partition coefficient (Wildman–Crippen LogP) is 0.911. The number of carboxylic acids is 1. The van der Waals surface area contributed by atoms with Crippen molar-refractivity contribution in [2.75, 3.05) is 19.6 Å². The fraction of sp³-hybridized carbons (Fsp3) is 0.778. The van der Waals surface area contributed by atoms with Crippen molar-refractivity contribution < 1.29 is 27.9 Å². The van der Waals surface area contributed by atoms with Crippen LogP contribution in [0.3, 0.4) is 0 Å². The quantitative estimate of drug-likeness (QED) is 0.769. The number of likely N-dealkylation sites (tertiary alicyclic amines) is 1. The van der Waals surface area contributed by atoms with Crippen LogP contribution in [0.2, 0.25) is 0 Å². The van der Waals surface area contributed by atoms with Crippen molar-refractivity contribution in [3.63, 3.8) is 0 Å². The molecule has 0 radical (unpaired) electrons. The van der Waals surface area contributed by atoms with Gasteiger partial charge in [-0.15, -0.1) is 0 Å². The van der Waals surface area contributed by atoms with E-state index in [2.05, 4.69) is 5.32 Å². The predicted molar refractivity (Wildman–Crippen MR) is 51.3 cm³/mol. The number of amides is 2. The molecule has 0 aromatic rings. The molecule has 2 N–H and O–H groups in total. The van der Waals surface area contributed by atoms with E-state index in [1.165, 1.54) is 0 Å². The number of hydrogen-bond donors (Lipinski definition) is 2. The number of hydrogen-bond acceptors (Lipinski definition) is 2. The van der Waals surface area contributed by atoms with Gasteiger partial charge >= 0.3 is 18.2 Å². The van der Waals surface area contributed by atoms with Gasteiger partial charge in [-0.25, -0.2) is 4.79 Å². The minimum atomic E-state index is -4.61. The SMILES string of the molecule is CCNC(=O)N1C[C@@H](C(F)(F)F)[C@H](C(=O)O)C1. The first-order valence-corrected chi connectivity index (χ1v) is 5.09. The van der Waals surface area contributed by atoms with Gasteiger partial charge < -0.3 is 15.3 Å². The number of rotatable bonds is 2. The maximum atomic E-state index is 12.6. The van der Waals surface area contributed by atoms with E-state index in [0.717, 1.165) is 4.90 Å². The van der Waals surface area contributed by atoms with Crippen molar-refractivity contribution in [3.8, 4) is 0 Å².